The normalized spacial score (nSPS) is 12.9. The first kappa shape index (κ1) is 26.2. The monoisotopic (exact) mass is 541 g/mol. The van der Waals surface area contributed by atoms with E-state index in [9.17, 15) is 4.79 Å². The molecule has 0 unspecified atom stereocenters. The Morgan fingerprint density at radius 1 is 1.00 bits per heavy atom. The molecule has 1 aliphatic heterocycles. The van der Waals surface area contributed by atoms with E-state index in [1.165, 1.54) is 6.33 Å². The lowest BCUT2D eigenvalue weighted by Gasteiger charge is -2.39. The van der Waals surface area contributed by atoms with E-state index in [2.05, 4.69) is 15.0 Å². The largest absolute Gasteiger partial charge is 0.481 e. The number of nitrogens with two attached hydrogens (primary N) is 2. The number of likely N-dealkylation sites (tertiary alicyclic amines) is 1. The highest BCUT2D eigenvalue weighted by molar-refractivity contribution is 5.98. The Bertz CT molecular complexity index is 1640. The van der Waals surface area contributed by atoms with Crippen molar-refractivity contribution in [3.63, 3.8) is 0 Å². The van der Waals surface area contributed by atoms with Crippen molar-refractivity contribution in [3.8, 4) is 22.8 Å². The van der Waals surface area contributed by atoms with E-state index in [0.717, 1.165) is 18.2 Å². The van der Waals surface area contributed by atoms with E-state index in [1.807, 2.05) is 59.3 Å². The summed E-state index contributed by atoms with van der Waals surface area (Å²) in [6.07, 6.45) is 4.69. The number of aromatic nitrogens is 6. The predicted molar refractivity (Wildman–Crippen MR) is 147 cm³/mol. The average molecular weight is 542 g/mol. The first-order valence-electron chi connectivity index (χ1n) is 12.4. The number of carboxylic acids is 1. The molecular formula is C27H27N9O4. The Hall–Kier alpha value is -5.46. The molecule has 40 heavy (non-hydrogen) atoms. The molecule has 0 spiro atoms. The molecule has 5 N–H and O–H groups in total. The van der Waals surface area contributed by atoms with Gasteiger partial charge in [0.25, 0.3) is 5.97 Å². The number of nitrogen functional groups attached to an aromatic ring is 2. The maximum atomic E-state index is 12.7. The van der Waals surface area contributed by atoms with Gasteiger partial charge in [-0.1, -0.05) is 18.2 Å². The minimum Gasteiger partial charge on any atom is -0.481 e. The van der Waals surface area contributed by atoms with Crippen LogP contribution in [0.15, 0.2) is 73.3 Å². The van der Waals surface area contributed by atoms with E-state index in [1.54, 1.807) is 21.9 Å². The topological polar surface area (TPSA) is 180 Å². The van der Waals surface area contributed by atoms with Crippen LogP contribution < -0.4 is 16.2 Å². The smallest absolute Gasteiger partial charge is 0.300 e. The minimum absolute atomic E-state index is 0.0275. The zero-order valence-corrected chi connectivity index (χ0v) is 21.6. The van der Waals surface area contributed by atoms with Crippen molar-refractivity contribution in [2.45, 2.75) is 19.5 Å². The van der Waals surface area contributed by atoms with Crippen molar-refractivity contribution < 1.29 is 19.4 Å². The molecular weight excluding hydrogens is 514 g/mol. The summed E-state index contributed by atoms with van der Waals surface area (Å²) >= 11 is 0. The Balaban J connectivity index is 0.000000758. The number of para-hydroxylation sites is 1. The standard InChI is InChI=1S/C25H23N9O2.C2H4O2/c26-23-21-22(16-6-8-19(9-7-16)36-18-4-2-1-3-5-18)31-34(24(21)30-15-29-23)17-12-33(13-17)20(35)14-32-11-10-28-25(32)27;1-2(3)4/h1-11,15,17H,12-14H2,(H2,27,28)(H2,26,29,30);1H3,(H,3,4). The van der Waals surface area contributed by atoms with Crippen LogP contribution in [0.2, 0.25) is 0 Å². The number of aliphatic carboxylic acids is 1. The van der Waals surface area contributed by atoms with Crippen molar-refractivity contribution in [3.05, 3.63) is 73.3 Å². The maximum absolute atomic E-state index is 12.7. The van der Waals surface area contributed by atoms with Crippen LogP contribution >= 0.6 is 0 Å². The molecule has 0 atom stereocenters. The van der Waals surface area contributed by atoms with Crippen LogP contribution in [0.5, 0.6) is 11.5 Å². The summed E-state index contributed by atoms with van der Waals surface area (Å²) in [7, 11) is 0. The molecule has 0 bridgehead atoms. The number of carbonyl (C=O) groups excluding carboxylic acids is 1. The number of amides is 1. The zero-order valence-electron chi connectivity index (χ0n) is 21.6. The molecule has 0 aliphatic carbocycles. The third-order valence-electron chi connectivity index (χ3n) is 6.24. The SMILES string of the molecule is CC(=O)O.Nc1ncnc2c1c(-c1ccc(Oc3ccccc3)cc1)nn2C1CN(C(=O)Cn2ccnc2N)C1. The fourth-order valence-corrected chi connectivity index (χ4v) is 4.29. The molecule has 1 fully saturated rings. The number of carbonyl (C=O) groups is 2. The molecule has 0 saturated carbocycles. The number of hydrogen-bond donors (Lipinski definition) is 3. The number of carboxylic acid groups (broad SMARTS) is 1. The summed E-state index contributed by atoms with van der Waals surface area (Å²) in [6, 6.07) is 17.2. The van der Waals surface area contributed by atoms with Crippen molar-refractivity contribution >= 4 is 34.7 Å². The predicted octanol–water partition coefficient (Wildman–Crippen LogP) is 2.82. The average Bonchev–Trinajstić information content (AvgIpc) is 3.48. The molecule has 3 aromatic heterocycles. The van der Waals surface area contributed by atoms with E-state index in [-0.39, 0.29) is 18.5 Å². The second kappa shape index (κ2) is 11.1. The molecule has 1 amide bonds. The second-order valence-electron chi connectivity index (χ2n) is 9.08. The second-order valence-corrected chi connectivity index (χ2v) is 9.08. The highest BCUT2D eigenvalue weighted by Crippen LogP contribution is 2.35. The van der Waals surface area contributed by atoms with Crippen LogP contribution in [0.25, 0.3) is 22.3 Å². The van der Waals surface area contributed by atoms with Crippen molar-refractivity contribution in [1.82, 2.24) is 34.2 Å². The maximum Gasteiger partial charge on any atom is 0.300 e. The Labute approximate surface area is 228 Å². The van der Waals surface area contributed by atoms with Gasteiger partial charge in [0.1, 0.15) is 35.9 Å². The fraction of sp³-hybridized carbons (Fsp3) is 0.185. The van der Waals surface area contributed by atoms with Gasteiger partial charge in [0.15, 0.2) is 5.65 Å². The third kappa shape index (κ3) is 5.53. The van der Waals surface area contributed by atoms with E-state index >= 15 is 0 Å². The highest BCUT2D eigenvalue weighted by Gasteiger charge is 2.35. The van der Waals surface area contributed by atoms with Gasteiger partial charge in [0.2, 0.25) is 11.9 Å². The van der Waals surface area contributed by atoms with Crippen molar-refractivity contribution in [2.24, 2.45) is 0 Å². The van der Waals surface area contributed by atoms with Gasteiger partial charge in [-0.25, -0.2) is 19.6 Å². The number of fused-ring (bicyclic) bond motifs is 1. The third-order valence-corrected chi connectivity index (χ3v) is 6.24. The quantitative estimate of drug-likeness (QED) is 0.289. The van der Waals surface area contributed by atoms with Crippen LogP contribution in [-0.2, 0) is 16.1 Å². The highest BCUT2D eigenvalue weighted by atomic mass is 16.5. The molecule has 13 heteroatoms. The summed E-state index contributed by atoms with van der Waals surface area (Å²) in [5.74, 6) is 1.28. The summed E-state index contributed by atoms with van der Waals surface area (Å²) in [5, 5.41) is 13.0. The Morgan fingerprint density at radius 3 is 2.33 bits per heavy atom. The molecule has 2 aromatic carbocycles. The number of benzene rings is 2. The van der Waals surface area contributed by atoms with Gasteiger partial charge in [0, 0.05) is 38.0 Å². The van der Waals surface area contributed by atoms with Gasteiger partial charge >= 0.3 is 0 Å². The van der Waals surface area contributed by atoms with E-state index < -0.39 is 5.97 Å². The lowest BCUT2D eigenvalue weighted by atomic mass is 10.1. The molecule has 1 saturated heterocycles. The van der Waals surface area contributed by atoms with Crippen LogP contribution in [0.4, 0.5) is 11.8 Å². The molecule has 204 valence electrons. The number of nitrogens with zero attached hydrogens (tertiary/aromatic N) is 7. The molecule has 1 aliphatic rings. The lowest BCUT2D eigenvalue weighted by molar-refractivity contribution is -0.137. The summed E-state index contributed by atoms with van der Waals surface area (Å²) in [4.78, 5) is 36.0. The van der Waals surface area contributed by atoms with Crippen LogP contribution in [0.1, 0.15) is 13.0 Å². The number of anilines is 2. The minimum atomic E-state index is -0.833. The van der Waals surface area contributed by atoms with Crippen molar-refractivity contribution in [2.75, 3.05) is 24.6 Å². The fourth-order valence-electron chi connectivity index (χ4n) is 4.29. The van der Waals surface area contributed by atoms with Crippen LogP contribution in [0, 0.1) is 0 Å². The summed E-state index contributed by atoms with van der Waals surface area (Å²) < 4.78 is 9.36. The number of rotatable bonds is 6. The van der Waals surface area contributed by atoms with Crippen molar-refractivity contribution in [1.29, 1.82) is 0 Å². The first-order chi connectivity index (χ1) is 19.3. The molecule has 13 nitrogen and oxygen atoms in total. The number of hydrogen-bond acceptors (Lipinski definition) is 9. The first-order valence-corrected chi connectivity index (χ1v) is 12.4. The Kier molecular flexibility index (Phi) is 7.27. The molecule has 0 radical (unpaired) electrons. The van der Waals surface area contributed by atoms with Gasteiger partial charge in [-0.2, -0.15) is 5.10 Å². The van der Waals surface area contributed by atoms with Crippen LogP contribution in [0.3, 0.4) is 0 Å². The lowest BCUT2D eigenvalue weighted by Crippen LogP contribution is -2.52. The number of ether oxygens (including phenoxy) is 1. The van der Waals surface area contributed by atoms with Gasteiger partial charge < -0.3 is 30.8 Å². The van der Waals surface area contributed by atoms with E-state index in [0.29, 0.717) is 47.3 Å². The van der Waals surface area contributed by atoms with Crippen LogP contribution in [-0.4, -0.2) is 64.3 Å². The molecule has 4 heterocycles. The molecule has 5 aromatic rings. The van der Waals surface area contributed by atoms with Gasteiger partial charge in [-0.05, 0) is 36.4 Å². The van der Waals surface area contributed by atoms with Gasteiger partial charge in [0.05, 0.1) is 11.4 Å². The van der Waals surface area contributed by atoms with E-state index in [4.69, 9.17) is 31.2 Å². The Morgan fingerprint density at radius 2 is 1.68 bits per heavy atom. The van der Waals surface area contributed by atoms with Gasteiger partial charge in [-0.15, -0.1) is 0 Å². The zero-order chi connectivity index (χ0) is 28.2. The number of imidazole rings is 1. The van der Waals surface area contributed by atoms with Gasteiger partial charge in [-0.3, -0.25) is 9.59 Å². The summed E-state index contributed by atoms with van der Waals surface area (Å²) in [5.41, 5.74) is 14.2. The molecule has 6 rings (SSSR count). The summed E-state index contributed by atoms with van der Waals surface area (Å²) in [6.45, 7) is 2.25.